The highest BCUT2D eigenvalue weighted by molar-refractivity contribution is 7.91. The molecule has 1 aliphatic heterocycles. The molecule has 0 radical (unpaired) electrons. The number of hydrogen-bond donors (Lipinski definition) is 0. The standard InChI is InChI=1S/C17H26N2O4S/c1-4-19(15-8-9-24(21,22)13-15)17(20)12-18(2)11-14-6-5-7-16(10-14)23-3/h5-7,10,15H,4,8-9,11-13H2,1-3H3/t15-/m1/s1. The van der Waals surface area contributed by atoms with Crippen LogP contribution in [0.5, 0.6) is 5.75 Å². The van der Waals surface area contributed by atoms with Crippen LogP contribution < -0.4 is 4.74 Å². The Morgan fingerprint density at radius 3 is 2.71 bits per heavy atom. The average molecular weight is 354 g/mol. The number of ether oxygens (including phenoxy) is 1. The van der Waals surface area contributed by atoms with Gasteiger partial charge < -0.3 is 9.64 Å². The van der Waals surface area contributed by atoms with Gasteiger partial charge in [-0.05, 0) is 38.1 Å². The van der Waals surface area contributed by atoms with Crippen LogP contribution in [0.1, 0.15) is 18.9 Å². The van der Waals surface area contributed by atoms with E-state index in [0.717, 1.165) is 11.3 Å². The van der Waals surface area contributed by atoms with Gasteiger partial charge in [0.25, 0.3) is 0 Å². The van der Waals surface area contributed by atoms with E-state index in [4.69, 9.17) is 4.74 Å². The first kappa shape index (κ1) is 18.7. The normalized spacial score (nSPS) is 19.4. The summed E-state index contributed by atoms with van der Waals surface area (Å²) in [5.41, 5.74) is 1.07. The summed E-state index contributed by atoms with van der Waals surface area (Å²) in [6.45, 7) is 3.32. The van der Waals surface area contributed by atoms with Gasteiger partial charge in [-0.1, -0.05) is 12.1 Å². The Hall–Kier alpha value is -1.60. The summed E-state index contributed by atoms with van der Waals surface area (Å²) in [5.74, 6) is 1.04. The average Bonchev–Trinajstić information content (AvgIpc) is 2.87. The topological polar surface area (TPSA) is 66.9 Å². The van der Waals surface area contributed by atoms with Crippen molar-refractivity contribution >= 4 is 15.7 Å². The number of likely N-dealkylation sites (N-methyl/N-ethyl adjacent to an activating group) is 2. The first-order valence-electron chi connectivity index (χ1n) is 8.16. The second kappa shape index (κ2) is 7.98. The van der Waals surface area contributed by atoms with Gasteiger partial charge in [-0.2, -0.15) is 0 Å². The molecule has 0 unspecified atom stereocenters. The van der Waals surface area contributed by atoms with Crippen molar-refractivity contribution in [3.8, 4) is 5.75 Å². The summed E-state index contributed by atoms with van der Waals surface area (Å²) >= 11 is 0. The van der Waals surface area contributed by atoms with Crippen LogP contribution in [0.15, 0.2) is 24.3 Å². The van der Waals surface area contributed by atoms with E-state index in [0.29, 0.717) is 19.5 Å². The predicted octanol–water partition coefficient (Wildman–Crippen LogP) is 1.16. The molecule has 1 fully saturated rings. The van der Waals surface area contributed by atoms with Gasteiger partial charge in [-0.15, -0.1) is 0 Å². The van der Waals surface area contributed by atoms with Crippen LogP contribution in [0.2, 0.25) is 0 Å². The van der Waals surface area contributed by atoms with Gasteiger partial charge in [-0.3, -0.25) is 9.69 Å². The maximum atomic E-state index is 12.6. The van der Waals surface area contributed by atoms with Gasteiger partial charge in [-0.25, -0.2) is 8.42 Å². The minimum absolute atomic E-state index is 0.0232. The lowest BCUT2D eigenvalue weighted by Crippen LogP contribution is -2.45. The van der Waals surface area contributed by atoms with Gasteiger partial charge in [0.15, 0.2) is 9.84 Å². The van der Waals surface area contributed by atoms with Crippen molar-refractivity contribution in [2.75, 3.05) is 38.8 Å². The monoisotopic (exact) mass is 354 g/mol. The molecule has 6 nitrogen and oxygen atoms in total. The summed E-state index contributed by atoms with van der Waals surface area (Å²) in [7, 11) is 0.521. The van der Waals surface area contributed by atoms with Gasteiger partial charge in [0, 0.05) is 19.1 Å². The fourth-order valence-corrected chi connectivity index (χ4v) is 4.85. The van der Waals surface area contributed by atoms with Crippen molar-refractivity contribution < 1.29 is 17.9 Å². The van der Waals surface area contributed by atoms with Crippen LogP contribution >= 0.6 is 0 Å². The lowest BCUT2D eigenvalue weighted by Gasteiger charge is -2.29. The zero-order valence-corrected chi connectivity index (χ0v) is 15.4. The van der Waals surface area contributed by atoms with Crippen LogP contribution in [0.3, 0.4) is 0 Å². The van der Waals surface area contributed by atoms with Crippen molar-refractivity contribution in [2.45, 2.75) is 25.9 Å². The second-order valence-corrected chi connectivity index (χ2v) is 8.49. The zero-order chi connectivity index (χ0) is 17.7. The van der Waals surface area contributed by atoms with Crippen LogP contribution in [0.25, 0.3) is 0 Å². The highest BCUT2D eigenvalue weighted by atomic mass is 32.2. The third-order valence-corrected chi connectivity index (χ3v) is 6.05. The molecule has 0 bridgehead atoms. The molecule has 1 aromatic rings. The van der Waals surface area contributed by atoms with E-state index < -0.39 is 9.84 Å². The Labute approximate surface area is 144 Å². The van der Waals surface area contributed by atoms with Crippen molar-refractivity contribution in [2.24, 2.45) is 0 Å². The maximum Gasteiger partial charge on any atom is 0.237 e. The number of carbonyl (C=O) groups is 1. The number of sulfone groups is 1. The molecule has 1 aliphatic rings. The Bertz CT molecular complexity index is 675. The number of amides is 1. The zero-order valence-electron chi connectivity index (χ0n) is 14.6. The SMILES string of the molecule is CCN(C(=O)CN(C)Cc1cccc(OC)c1)[C@@H]1CCS(=O)(=O)C1. The number of hydrogen-bond acceptors (Lipinski definition) is 5. The van der Waals surface area contributed by atoms with E-state index >= 15 is 0 Å². The minimum Gasteiger partial charge on any atom is -0.497 e. The number of methoxy groups -OCH3 is 1. The third-order valence-electron chi connectivity index (χ3n) is 4.30. The molecule has 0 N–H and O–H groups in total. The van der Waals surface area contributed by atoms with Crippen molar-refractivity contribution in [3.05, 3.63) is 29.8 Å². The minimum atomic E-state index is -2.99. The molecular weight excluding hydrogens is 328 g/mol. The van der Waals surface area contributed by atoms with Crippen molar-refractivity contribution in [3.63, 3.8) is 0 Å². The van der Waals surface area contributed by atoms with Gasteiger partial charge >= 0.3 is 0 Å². The Balaban J connectivity index is 1.94. The molecule has 1 aromatic carbocycles. The number of rotatable bonds is 7. The highest BCUT2D eigenvalue weighted by Gasteiger charge is 2.33. The molecule has 1 amide bonds. The van der Waals surface area contributed by atoms with Gasteiger partial charge in [0.1, 0.15) is 5.75 Å². The number of nitrogens with zero attached hydrogens (tertiary/aromatic N) is 2. The summed E-state index contributed by atoms with van der Waals surface area (Å²) in [5, 5.41) is 0. The molecule has 24 heavy (non-hydrogen) atoms. The van der Waals surface area contributed by atoms with Crippen LogP contribution in [-0.2, 0) is 21.2 Å². The quantitative estimate of drug-likeness (QED) is 0.735. The van der Waals surface area contributed by atoms with E-state index in [-0.39, 0.29) is 30.0 Å². The lowest BCUT2D eigenvalue weighted by atomic mass is 10.2. The molecule has 0 aromatic heterocycles. The first-order valence-corrected chi connectivity index (χ1v) is 9.98. The highest BCUT2D eigenvalue weighted by Crippen LogP contribution is 2.18. The van der Waals surface area contributed by atoms with E-state index in [9.17, 15) is 13.2 Å². The van der Waals surface area contributed by atoms with Crippen LogP contribution in [0, 0.1) is 0 Å². The van der Waals surface area contributed by atoms with Gasteiger partial charge in [0.05, 0.1) is 25.2 Å². The molecule has 1 saturated heterocycles. The number of carbonyl (C=O) groups excluding carboxylic acids is 1. The second-order valence-electron chi connectivity index (χ2n) is 6.26. The smallest absolute Gasteiger partial charge is 0.237 e. The molecule has 0 aliphatic carbocycles. The van der Waals surface area contributed by atoms with E-state index in [1.807, 2.05) is 43.1 Å². The molecule has 134 valence electrons. The largest absolute Gasteiger partial charge is 0.497 e. The Kier molecular flexibility index (Phi) is 6.23. The number of benzene rings is 1. The summed E-state index contributed by atoms with van der Waals surface area (Å²) in [6.07, 6.45) is 0.543. The fourth-order valence-electron chi connectivity index (χ4n) is 3.12. The van der Waals surface area contributed by atoms with E-state index in [2.05, 4.69) is 0 Å². The summed E-state index contributed by atoms with van der Waals surface area (Å²) in [6, 6.07) is 7.56. The molecule has 7 heteroatoms. The van der Waals surface area contributed by atoms with Gasteiger partial charge in [0.2, 0.25) is 5.91 Å². The van der Waals surface area contributed by atoms with Crippen LogP contribution in [-0.4, -0.2) is 68.9 Å². The molecule has 0 saturated carbocycles. The molecule has 1 atom stereocenters. The third kappa shape index (κ3) is 4.95. The fraction of sp³-hybridized carbons (Fsp3) is 0.588. The summed E-state index contributed by atoms with van der Waals surface area (Å²) < 4.78 is 28.5. The maximum absolute atomic E-state index is 12.6. The lowest BCUT2D eigenvalue weighted by molar-refractivity contribution is -0.133. The van der Waals surface area contributed by atoms with E-state index in [1.54, 1.807) is 12.0 Å². The first-order chi connectivity index (χ1) is 11.3. The van der Waals surface area contributed by atoms with E-state index in [1.165, 1.54) is 0 Å². The van der Waals surface area contributed by atoms with Crippen LogP contribution in [0.4, 0.5) is 0 Å². The van der Waals surface area contributed by atoms with Crippen molar-refractivity contribution in [1.29, 1.82) is 0 Å². The molecule has 2 rings (SSSR count). The molecular formula is C17H26N2O4S. The predicted molar refractivity (Wildman–Crippen MR) is 93.8 cm³/mol. The summed E-state index contributed by atoms with van der Waals surface area (Å²) in [4.78, 5) is 16.2. The Morgan fingerprint density at radius 2 is 2.12 bits per heavy atom. The molecule has 1 heterocycles. The Morgan fingerprint density at radius 1 is 1.38 bits per heavy atom. The molecule has 0 spiro atoms. The van der Waals surface area contributed by atoms with Crippen molar-refractivity contribution in [1.82, 2.24) is 9.80 Å².